The van der Waals surface area contributed by atoms with Crippen LogP contribution in [0.15, 0.2) is 47.4 Å². The van der Waals surface area contributed by atoms with Crippen molar-refractivity contribution in [2.45, 2.75) is 55.8 Å². The average Bonchev–Trinajstić information content (AvgIpc) is 3.16. The second-order valence-electron chi connectivity index (χ2n) is 8.77. The van der Waals surface area contributed by atoms with E-state index in [1.165, 1.54) is 28.6 Å². The third kappa shape index (κ3) is 4.33. The Balaban J connectivity index is 1.57. The first-order chi connectivity index (χ1) is 15.4. The molecule has 33 heavy (non-hydrogen) atoms. The number of aryl methyl sites for hydroxylation is 1. The largest absolute Gasteiger partial charge is 0.481 e. The van der Waals surface area contributed by atoms with Crippen molar-refractivity contribution >= 4 is 21.7 Å². The lowest BCUT2D eigenvalue weighted by atomic mass is 10.0. The molecule has 0 spiro atoms. The van der Waals surface area contributed by atoms with E-state index in [0.29, 0.717) is 37.2 Å². The van der Waals surface area contributed by atoms with Gasteiger partial charge in [0.15, 0.2) is 0 Å². The molecular weight excluding hydrogens is 457 g/mol. The number of halogens is 3. The topological polar surface area (TPSA) is 77.9 Å². The molecular formula is C23H25F3N2O4S. The van der Waals surface area contributed by atoms with E-state index in [-0.39, 0.29) is 4.90 Å². The van der Waals surface area contributed by atoms with Gasteiger partial charge in [0.05, 0.1) is 16.4 Å². The highest BCUT2D eigenvalue weighted by Gasteiger charge is 2.40. The summed E-state index contributed by atoms with van der Waals surface area (Å²) in [6.07, 6.45) is -3.36. The summed E-state index contributed by atoms with van der Waals surface area (Å²) in [5.41, 5.74) is 1.27. The first kappa shape index (κ1) is 23.6. The highest BCUT2D eigenvalue weighted by molar-refractivity contribution is 7.89. The number of hydrogen-bond acceptors (Lipinski definition) is 4. The van der Waals surface area contributed by atoms with Gasteiger partial charge >= 0.3 is 12.1 Å². The molecule has 1 heterocycles. The molecule has 1 saturated heterocycles. The molecule has 2 aromatic rings. The van der Waals surface area contributed by atoms with E-state index in [0.717, 1.165) is 17.7 Å². The Labute approximate surface area is 190 Å². The van der Waals surface area contributed by atoms with Crippen LogP contribution in [0.5, 0.6) is 0 Å². The van der Waals surface area contributed by atoms with Crippen molar-refractivity contribution < 1.29 is 31.5 Å². The number of piperazine rings is 1. The van der Waals surface area contributed by atoms with Crippen LogP contribution in [-0.4, -0.2) is 49.0 Å². The van der Waals surface area contributed by atoms with Gasteiger partial charge < -0.3 is 10.0 Å². The Bertz CT molecular complexity index is 1150. The Morgan fingerprint density at radius 3 is 2.18 bits per heavy atom. The predicted molar refractivity (Wildman–Crippen MR) is 117 cm³/mol. The molecule has 0 aromatic heterocycles. The smallest absolute Gasteiger partial charge is 0.416 e. The molecule has 0 amide bonds. The normalized spacial score (nSPS) is 24.0. The van der Waals surface area contributed by atoms with Gasteiger partial charge in [-0.1, -0.05) is 6.07 Å². The van der Waals surface area contributed by atoms with E-state index in [9.17, 15) is 31.5 Å². The number of rotatable bonds is 4. The van der Waals surface area contributed by atoms with Gasteiger partial charge in [0, 0.05) is 30.9 Å². The van der Waals surface area contributed by atoms with Crippen LogP contribution in [0.2, 0.25) is 0 Å². The van der Waals surface area contributed by atoms with Crippen LogP contribution in [0.1, 0.15) is 42.9 Å². The van der Waals surface area contributed by atoms with Crippen LogP contribution in [0.4, 0.5) is 18.9 Å². The van der Waals surface area contributed by atoms with Crippen LogP contribution in [0, 0.1) is 0 Å². The van der Waals surface area contributed by atoms with E-state index in [1.54, 1.807) is 19.9 Å². The van der Waals surface area contributed by atoms with Crippen LogP contribution < -0.4 is 4.90 Å². The monoisotopic (exact) mass is 482 g/mol. The van der Waals surface area contributed by atoms with E-state index in [2.05, 4.69) is 0 Å². The molecule has 1 aliphatic heterocycles. The molecule has 3 atom stereocenters. The maximum atomic E-state index is 13.5. The molecule has 6 nitrogen and oxygen atoms in total. The minimum atomic E-state index is -4.42. The van der Waals surface area contributed by atoms with E-state index < -0.39 is 45.7 Å². The van der Waals surface area contributed by atoms with Gasteiger partial charge in [-0.05, 0) is 74.2 Å². The Morgan fingerprint density at radius 2 is 1.64 bits per heavy atom. The van der Waals surface area contributed by atoms with Crippen molar-refractivity contribution in [3.05, 3.63) is 59.2 Å². The summed E-state index contributed by atoms with van der Waals surface area (Å²) in [6.45, 7) is 4.16. The SMILES string of the molecule is CC1CN(c2ccc(C(F)(F)F)cc2)CC(C)N1S(=O)(=O)c1ccc2c(c1)C(C(=O)O)CC2. The predicted octanol–water partition coefficient (Wildman–Crippen LogP) is 4.11. The highest BCUT2D eigenvalue weighted by Crippen LogP contribution is 2.37. The minimum Gasteiger partial charge on any atom is -0.481 e. The zero-order valence-corrected chi connectivity index (χ0v) is 19.0. The average molecular weight is 483 g/mol. The molecule has 1 fully saturated rings. The van der Waals surface area contributed by atoms with Gasteiger partial charge in [-0.3, -0.25) is 4.79 Å². The lowest BCUT2D eigenvalue weighted by molar-refractivity contribution is -0.139. The number of fused-ring (bicyclic) bond motifs is 1. The van der Waals surface area contributed by atoms with E-state index in [1.807, 2.05) is 4.90 Å². The molecule has 0 saturated carbocycles. The standard InChI is InChI=1S/C23H25F3N2O4S/c1-14-12-27(18-7-5-17(6-8-18)23(24,25)26)13-15(2)28(14)33(31,32)19-9-3-16-4-10-20(22(29)30)21(16)11-19/h3,5-9,11,14-15,20H,4,10,12-13H2,1-2H3,(H,29,30). The Morgan fingerprint density at radius 1 is 1.03 bits per heavy atom. The number of alkyl halides is 3. The highest BCUT2D eigenvalue weighted by atomic mass is 32.2. The molecule has 0 radical (unpaired) electrons. The Hall–Kier alpha value is -2.59. The summed E-state index contributed by atoms with van der Waals surface area (Å²) in [6, 6.07) is 8.68. The summed E-state index contributed by atoms with van der Waals surface area (Å²) in [7, 11) is -3.90. The summed E-state index contributed by atoms with van der Waals surface area (Å²) in [5.74, 6) is -1.67. The number of carboxylic acids is 1. The molecule has 0 bridgehead atoms. The number of carbonyl (C=O) groups is 1. The number of aliphatic carboxylic acids is 1. The van der Waals surface area contributed by atoms with Gasteiger partial charge in [-0.15, -0.1) is 0 Å². The van der Waals surface area contributed by atoms with Crippen molar-refractivity contribution in [3.63, 3.8) is 0 Å². The van der Waals surface area contributed by atoms with Gasteiger partial charge in [0.2, 0.25) is 10.0 Å². The maximum absolute atomic E-state index is 13.5. The summed E-state index contributed by atoms with van der Waals surface area (Å²) < 4.78 is 67.0. The number of sulfonamides is 1. The Kier molecular flexibility index (Phi) is 5.94. The van der Waals surface area contributed by atoms with Crippen molar-refractivity contribution in [2.75, 3.05) is 18.0 Å². The fourth-order valence-electron chi connectivity index (χ4n) is 4.97. The zero-order valence-electron chi connectivity index (χ0n) is 18.2. The lowest BCUT2D eigenvalue weighted by Gasteiger charge is -2.44. The number of carboxylic acid groups (broad SMARTS) is 1. The summed E-state index contributed by atoms with van der Waals surface area (Å²) in [4.78, 5) is 13.5. The van der Waals surface area contributed by atoms with Gasteiger partial charge in [-0.25, -0.2) is 8.42 Å². The number of nitrogens with zero attached hydrogens (tertiary/aromatic N) is 2. The molecule has 3 unspecified atom stereocenters. The molecule has 2 aliphatic rings. The van der Waals surface area contributed by atoms with Crippen molar-refractivity contribution in [3.8, 4) is 0 Å². The second-order valence-corrected chi connectivity index (χ2v) is 10.6. The lowest BCUT2D eigenvalue weighted by Crippen LogP contribution is -2.58. The van der Waals surface area contributed by atoms with Crippen molar-refractivity contribution in [1.82, 2.24) is 4.31 Å². The van der Waals surface area contributed by atoms with Crippen molar-refractivity contribution in [1.29, 1.82) is 0 Å². The van der Waals surface area contributed by atoms with Crippen LogP contribution in [0.3, 0.4) is 0 Å². The molecule has 1 N–H and O–H groups in total. The summed E-state index contributed by atoms with van der Waals surface area (Å²) in [5, 5.41) is 9.46. The maximum Gasteiger partial charge on any atom is 0.416 e. The quantitative estimate of drug-likeness (QED) is 0.710. The summed E-state index contributed by atoms with van der Waals surface area (Å²) >= 11 is 0. The van der Waals surface area contributed by atoms with Crippen LogP contribution in [-0.2, 0) is 27.4 Å². The minimum absolute atomic E-state index is 0.0658. The van der Waals surface area contributed by atoms with Gasteiger partial charge in [0.1, 0.15) is 0 Å². The zero-order chi connectivity index (χ0) is 24.1. The molecule has 2 aromatic carbocycles. The first-order valence-corrected chi connectivity index (χ1v) is 12.1. The van der Waals surface area contributed by atoms with E-state index >= 15 is 0 Å². The van der Waals surface area contributed by atoms with Gasteiger partial charge in [0.25, 0.3) is 0 Å². The fraction of sp³-hybridized carbons (Fsp3) is 0.435. The number of hydrogen-bond donors (Lipinski definition) is 1. The van der Waals surface area contributed by atoms with E-state index in [4.69, 9.17) is 0 Å². The van der Waals surface area contributed by atoms with Gasteiger partial charge in [-0.2, -0.15) is 17.5 Å². The second kappa shape index (κ2) is 8.32. The fourth-order valence-corrected chi connectivity index (χ4v) is 6.81. The first-order valence-electron chi connectivity index (χ1n) is 10.7. The molecule has 10 heteroatoms. The third-order valence-corrected chi connectivity index (χ3v) is 8.59. The number of benzene rings is 2. The number of anilines is 1. The molecule has 1 aliphatic carbocycles. The molecule has 4 rings (SSSR count). The van der Waals surface area contributed by atoms with Crippen molar-refractivity contribution in [2.24, 2.45) is 0 Å². The van der Waals surface area contributed by atoms with Crippen LogP contribution >= 0.6 is 0 Å². The molecule has 178 valence electrons. The van der Waals surface area contributed by atoms with Crippen LogP contribution in [0.25, 0.3) is 0 Å². The third-order valence-electron chi connectivity index (χ3n) is 6.47.